The quantitative estimate of drug-likeness (QED) is 0.766. The number of nitrogens with zero attached hydrogens (tertiary/aromatic N) is 4. The predicted octanol–water partition coefficient (Wildman–Crippen LogP) is 2.28. The van der Waals surface area contributed by atoms with Gasteiger partial charge in [-0.2, -0.15) is 10.2 Å². The predicted molar refractivity (Wildman–Crippen MR) is 60.7 cm³/mol. The smallest absolute Gasteiger partial charge is 0.175 e. The number of hydrogen-bond acceptors (Lipinski definition) is 3. The Balaban J connectivity index is 1.88. The van der Waals surface area contributed by atoms with Gasteiger partial charge in [-0.25, -0.2) is 4.68 Å². The Morgan fingerprint density at radius 3 is 2.75 bits per heavy atom. The maximum Gasteiger partial charge on any atom is 0.175 e. The van der Waals surface area contributed by atoms with Gasteiger partial charge in [0, 0.05) is 12.1 Å². The van der Waals surface area contributed by atoms with Crippen LogP contribution >= 0.6 is 11.6 Å². The summed E-state index contributed by atoms with van der Waals surface area (Å²) in [6.07, 6.45) is 4.44. The van der Waals surface area contributed by atoms with Crippen molar-refractivity contribution in [1.29, 1.82) is 0 Å². The zero-order valence-corrected chi connectivity index (χ0v) is 9.43. The molecule has 0 saturated heterocycles. The van der Waals surface area contributed by atoms with Crippen LogP contribution in [-0.4, -0.2) is 20.0 Å². The van der Waals surface area contributed by atoms with Gasteiger partial charge in [-0.3, -0.25) is 0 Å². The van der Waals surface area contributed by atoms with Crippen molar-refractivity contribution in [2.45, 2.75) is 24.6 Å². The topological polar surface area (TPSA) is 43.6 Å². The molecule has 4 nitrogen and oxygen atoms in total. The summed E-state index contributed by atoms with van der Waals surface area (Å²) in [6.45, 7) is 0. The molecule has 1 aliphatic rings. The standard InChI is InChI=1S/C11H11ClN4/c12-7-9-3-4-11(14-13-9)16-6-5-10(15-16)8-1-2-8/h3-6,8H,1-2,7H2. The van der Waals surface area contributed by atoms with E-state index in [1.54, 1.807) is 4.68 Å². The van der Waals surface area contributed by atoms with Crippen molar-refractivity contribution in [3.63, 3.8) is 0 Å². The Morgan fingerprint density at radius 1 is 1.25 bits per heavy atom. The van der Waals surface area contributed by atoms with Crippen LogP contribution in [0.3, 0.4) is 0 Å². The first kappa shape index (κ1) is 9.78. The fourth-order valence-electron chi connectivity index (χ4n) is 1.61. The van der Waals surface area contributed by atoms with Gasteiger partial charge in [0.2, 0.25) is 0 Å². The Hall–Kier alpha value is -1.42. The minimum Gasteiger partial charge on any atom is -0.221 e. The summed E-state index contributed by atoms with van der Waals surface area (Å²) in [4.78, 5) is 0. The zero-order chi connectivity index (χ0) is 11.0. The highest BCUT2D eigenvalue weighted by Crippen LogP contribution is 2.38. The van der Waals surface area contributed by atoms with Crippen LogP contribution in [-0.2, 0) is 5.88 Å². The number of alkyl halides is 1. The Bertz CT molecular complexity index is 487. The number of hydrogen-bond donors (Lipinski definition) is 0. The summed E-state index contributed by atoms with van der Waals surface area (Å²) < 4.78 is 1.76. The van der Waals surface area contributed by atoms with Crippen LogP contribution in [0.15, 0.2) is 24.4 Å². The highest BCUT2D eigenvalue weighted by Gasteiger charge is 2.25. The first-order chi connectivity index (χ1) is 7.86. The van der Waals surface area contributed by atoms with E-state index in [9.17, 15) is 0 Å². The molecule has 0 atom stereocenters. The van der Waals surface area contributed by atoms with Gasteiger partial charge < -0.3 is 0 Å². The van der Waals surface area contributed by atoms with Gasteiger partial charge in [0.1, 0.15) is 0 Å². The first-order valence-electron chi connectivity index (χ1n) is 5.31. The molecule has 1 fully saturated rings. The largest absolute Gasteiger partial charge is 0.221 e. The van der Waals surface area contributed by atoms with Gasteiger partial charge in [-0.15, -0.1) is 16.7 Å². The van der Waals surface area contributed by atoms with E-state index >= 15 is 0 Å². The van der Waals surface area contributed by atoms with E-state index < -0.39 is 0 Å². The fraction of sp³-hybridized carbons (Fsp3) is 0.364. The molecule has 2 aromatic heterocycles. The summed E-state index contributed by atoms with van der Waals surface area (Å²) in [5.41, 5.74) is 1.93. The minimum absolute atomic E-state index is 0.389. The second kappa shape index (κ2) is 3.87. The van der Waals surface area contributed by atoms with E-state index in [0.717, 1.165) is 17.2 Å². The molecule has 3 rings (SSSR count). The van der Waals surface area contributed by atoms with E-state index in [1.165, 1.54) is 12.8 Å². The van der Waals surface area contributed by atoms with Crippen LogP contribution in [0.25, 0.3) is 5.82 Å². The third-order valence-electron chi connectivity index (χ3n) is 2.68. The Morgan fingerprint density at radius 2 is 2.12 bits per heavy atom. The molecule has 0 aromatic carbocycles. The molecule has 0 aliphatic heterocycles. The summed E-state index contributed by atoms with van der Waals surface area (Å²) >= 11 is 5.65. The van der Waals surface area contributed by atoms with Crippen molar-refractivity contribution in [3.05, 3.63) is 35.8 Å². The molecule has 0 unspecified atom stereocenters. The van der Waals surface area contributed by atoms with Crippen molar-refractivity contribution in [3.8, 4) is 5.82 Å². The highest BCUT2D eigenvalue weighted by molar-refractivity contribution is 6.16. The van der Waals surface area contributed by atoms with Crippen LogP contribution < -0.4 is 0 Å². The third-order valence-corrected chi connectivity index (χ3v) is 2.96. The lowest BCUT2D eigenvalue weighted by atomic mass is 10.3. The van der Waals surface area contributed by atoms with Crippen molar-refractivity contribution in [2.75, 3.05) is 0 Å². The summed E-state index contributed by atoms with van der Waals surface area (Å²) in [7, 11) is 0. The molecular weight excluding hydrogens is 224 g/mol. The summed E-state index contributed by atoms with van der Waals surface area (Å²) in [5.74, 6) is 1.79. The Labute approximate surface area is 98.3 Å². The van der Waals surface area contributed by atoms with Crippen LogP contribution in [0.5, 0.6) is 0 Å². The van der Waals surface area contributed by atoms with Crippen molar-refractivity contribution in [1.82, 2.24) is 20.0 Å². The lowest BCUT2D eigenvalue weighted by Gasteiger charge is -1.99. The molecule has 0 spiro atoms. The molecule has 5 heteroatoms. The van der Waals surface area contributed by atoms with E-state index in [4.69, 9.17) is 11.6 Å². The van der Waals surface area contributed by atoms with Gasteiger partial charge in [-0.05, 0) is 31.0 Å². The zero-order valence-electron chi connectivity index (χ0n) is 8.67. The first-order valence-corrected chi connectivity index (χ1v) is 5.85. The second-order valence-corrected chi connectivity index (χ2v) is 4.24. The lowest BCUT2D eigenvalue weighted by molar-refractivity contribution is 0.782. The molecular formula is C11H11ClN4. The Kier molecular flexibility index (Phi) is 2.36. The van der Waals surface area contributed by atoms with Gasteiger partial charge in [0.25, 0.3) is 0 Å². The van der Waals surface area contributed by atoms with E-state index in [2.05, 4.69) is 21.4 Å². The number of aromatic nitrogens is 4. The second-order valence-electron chi connectivity index (χ2n) is 3.98. The fourth-order valence-corrected chi connectivity index (χ4v) is 1.75. The lowest BCUT2D eigenvalue weighted by Crippen LogP contribution is -2.01. The van der Waals surface area contributed by atoms with E-state index in [-0.39, 0.29) is 0 Å². The molecule has 0 radical (unpaired) electrons. The van der Waals surface area contributed by atoms with Crippen LogP contribution in [0.1, 0.15) is 30.1 Å². The summed E-state index contributed by atoms with van der Waals surface area (Å²) in [6, 6.07) is 5.80. The average Bonchev–Trinajstić information content (AvgIpc) is 3.08. The van der Waals surface area contributed by atoms with Crippen LogP contribution in [0.2, 0.25) is 0 Å². The van der Waals surface area contributed by atoms with Gasteiger partial charge in [-0.1, -0.05) is 0 Å². The molecule has 16 heavy (non-hydrogen) atoms. The molecule has 0 bridgehead atoms. The molecule has 1 saturated carbocycles. The third kappa shape index (κ3) is 1.80. The maximum absolute atomic E-state index is 5.65. The SMILES string of the molecule is ClCc1ccc(-n2ccc(C3CC3)n2)nn1. The van der Waals surface area contributed by atoms with Crippen LogP contribution in [0.4, 0.5) is 0 Å². The monoisotopic (exact) mass is 234 g/mol. The number of rotatable bonds is 3. The number of halogens is 1. The molecule has 1 aliphatic carbocycles. The van der Waals surface area contributed by atoms with Crippen LogP contribution in [0, 0.1) is 0 Å². The van der Waals surface area contributed by atoms with Crippen molar-refractivity contribution >= 4 is 11.6 Å². The van der Waals surface area contributed by atoms with Crippen molar-refractivity contribution < 1.29 is 0 Å². The van der Waals surface area contributed by atoms with Gasteiger partial charge in [0.15, 0.2) is 5.82 Å². The molecule has 0 amide bonds. The molecule has 2 heterocycles. The highest BCUT2D eigenvalue weighted by atomic mass is 35.5. The van der Waals surface area contributed by atoms with Gasteiger partial charge >= 0.3 is 0 Å². The normalized spacial score (nSPS) is 15.3. The van der Waals surface area contributed by atoms with E-state index in [1.807, 2.05) is 18.3 Å². The average molecular weight is 235 g/mol. The molecule has 82 valence electrons. The molecule has 2 aromatic rings. The molecule has 0 N–H and O–H groups in total. The van der Waals surface area contributed by atoms with Gasteiger partial charge in [0.05, 0.1) is 17.3 Å². The summed E-state index contributed by atoms with van der Waals surface area (Å²) in [5, 5.41) is 12.6. The van der Waals surface area contributed by atoms with E-state index in [0.29, 0.717) is 11.8 Å². The maximum atomic E-state index is 5.65. The van der Waals surface area contributed by atoms with Crippen molar-refractivity contribution in [2.24, 2.45) is 0 Å². The minimum atomic E-state index is 0.389.